The molecule has 0 saturated carbocycles. The quantitative estimate of drug-likeness (QED) is 0.715. The molecule has 0 N–H and O–H groups in total. The molecule has 0 unspecified atom stereocenters. The SMILES string of the molecule is Cc1cc(C=O)cnc1N1CCCC1(C)C. The minimum atomic E-state index is 0.181. The predicted octanol–water partition coefficient (Wildman–Crippen LogP) is 2.58. The molecular formula is C13H18N2O. The fourth-order valence-electron chi connectivity index (χ4n) is 2.44. The number of anilines is 1. The lowest BCUT2D eigenvalue weighted by Crippen LogP contribution is -2.39. The van der Waals surface area contributed by atoms with E-state index in [9.17, 15) is 4.79 Å². The van der Waals surface area contributed by atoms with Crippen LogP contribution in [0.4, 0.5) is 5.82 Å². The molecule has 16 heavy (non-hydrogen) atoms. The molecule has 86 valence electrons. The Hall–Kier alpha value is -1.38. The second-order valence-electron chi connectivity index (χ2n) is 5.09. The molecule has 1 aromatic heterocycles. The van der Waals surface area contributed by atoms with Crippen molar-refractivity contribution in [2.45, 2.75) is 39.2 Å². The molecule has 1 fully saturated rings. The van der Waals surface area contributed by atoms with Gasteiger partial charge in [0, 0.05) is 23.8 Å². The van der Waals surface area contributed by atoms with Crippen LogP contribution in [0.1, 0.15) is 42.6 Å². The molecule has 1 saturated heterocycles. The summed E-state index contributed by atoms with van der Waals surface area (Å²) in [6, 6.07) is 1.91. The van der Waals surface area contributed by atoms with Gasteiger partial charge in [-0.1, -0.05) is 0 Å². The lowest BCUT2D eigenvalue weighted by Gasteiger charge is -2.33. The van der Waals surface area contributed by atoms with E-state index in [2.05, 4.69) is 23.7 Å². The number of pyridine rings is 1. The van der Waals surface area contributed by atoms with Gasteiger partial charge >= 0.3 is 0 Å². The van der Waals surface area contributed by atoms with Crippen molar-refractivity contribution in [1.82, 2.24) is 4.98 Å². The predicted molar refractivity (Wildman–Crippen MR) is 65.0 cm³/mol. The van der Waals surface area contributed by atoms with Gasteiger partial charge in [0.2, 0.25) is 0 Å². The third-order valence-corrected chi connectivity index (χ3v) is 3.36. The first-order chi connectivity index (χ1) is 7.54. The number of hydrogen-bond donors (Lipinski definition) is 0. The molecule has 1 aromatic rings. The summed E-state index contributed by atoms with van der Waals surface area (Å²) >= 11 is 0. The Bertz CT molecular complexity index is 412. The zero-order valence-electron chi connectivity index (χ0n) is 10.2. The highest BCUT2D eigenvalue weighted by atomic mass is 16.1. The molecule has 2 heterocycles. The van der Waals surface area contributed by atoms with Crippen LogP contribution in [0.15, 0.2) is 12.3 Å². The van der Waals surface area contributed by atoms with Crippen LogP contribution in [0.5, 0.6) is 0 Å². The van der Waals surface area contributed by atoms with Gasteiger partial charge in [-0.2, -0.15) is 0 Å². The highest BCUT2D eigenvalue weighted by Gasteiger charge is 2.33. The number of nitrogens with zero attached hydrogens (tertiary/aromatic N) is 2. The maximum Gasteiger partial charge on any atom is 0.151 e. The number of carbonyl (C=O) groups excluding carboxylic acids is 1. The van der Waals surface area contributed by atoms with Crippen molar-refractivity contribution in [2.75, 3.05) is 11.4 Å². The van der Waals surface area contributed by atoms with E-state index in [0.29, 0.717) is 5.56 Å². The van der Waals surface area contributed by atoms with E-state index < -0.39 is 0 Å². The van der Waals surface area contributed by atoms with E-state index in [1.54, 1.807) is 6.20 Å². The van der Waals surface area contributed by atoms with Gasteiger partial charge in [-0.15, -0.1) is 0 Å². The van der Waals surface area contributed by atoms with Crippen LogP contribution in [0.3, 0.4) is 0 Å². The number of carbonyl (C=O) groups is 1. The van der Waals surface area contributed by atoms with Gasteiger partial charge in [0.1, 0.15) is 5.82 Å². The standard InChI is InChI=1S/C13H18N2O/c1-10-7-11(9-16)8-14-12(10)15-6-4-5-13(15,2)3/h7-9H,4-6H2,1-3H3. The molecule has 0 bridgehead atoms. The van der Waals surface area contributed by atoms with Gasteiger partial charge in [-0.05, 0) is 45.2 Å². The summed E-state index contributed by atoms with van der Waals surface area (Å²) in [5.41, 5.74) is 1.92. The van der Waals surface area contributed by atoms with Crippen molar-refractivity contribution in [2.24, 2.45) is 0 Å². The normalized spacial score (nSPS) is 18.8. The van der Waals surface area contributed by atoms with Crippen molar-refractivity contribution in [1.29, 1.82) is 0 Å². The number of aldehydes is 1. The Balaban J connectivity index is 2.37. The second-order valence-corrected chi connectivity index (χ2v) is 5.09. The van der Waals surface area contributed by atoms with E-state index in [4.69, 9.17) is 0 Å². The van der Waals surface area contributed by atoms with Crippen LogP contribution in [0.2, 0.25) is 0 Å². The van der Waals surface area contributed by atoms with Crippen LogP contribution in [0, 0.1) is 6.92 Å². The lowest BCUT2D eigenvalue weighted by molar-refractivity contribution is 0.112. The van der Waals surface area contributed by atoms with E-state index in [-0.39, 0.29) is 5.54 Å². The Morgan fingerprint density at radius 2 is 2.25 bits per heavy atom. The highest BCUT2D eigenvalue weighted by molar-refractivity contribution is 5.75. The summed E-state index contributed by atoms with van der Waals surface area (Å²) < 4.78 is 0. The third-order valence-electron chi connectivity index (χ3n) is 3.36. The van der Waals surface area contributed by atoms with Crippen LogP contribution in [-0.2, 0) is 0 Å². The van der Waals surface area contributed by atoms with Crippen molar-refractivity contribution in [3.63, 3.8) is 0 Å². The summed E-state index contributed by atoms with van der Waals surface area (Å²) in [6.07, 6.45) is 4.91. The van der Waals surface area contributed by atoms with Gasteiger partial charge in [-0.25, -0.2) is 4.98 Å². The topological polar surface area (TPSA) is 33.2 Å². The monoisotopic (exact) mass is 218 g/mol. The lowest BCUT2D eigenvalue weighted by atomic mass is 10.0. The first-order valence-corrected chi connectivity index (χ1v) is 5.74. The molecule has 3 nitrogen and oxygen atoms in total. The summed E-state index contributed by atoms with van der Waals surface area (Å²) in [6.45, 7) is 7.56. The number of aryl methyl sites for hydroxylation is 1. The molecule has 0 spiro atoms. The fraction of sp³-hybridized carbons (Fsp3) is 0.538. The van der Waals surface area contributed by atoms with Crippen molar-refractivity contribution < 1.29 is 4.79 Å². The van der Waals surface area contributed by atoms with Crippen LogP contribution < -0.4 is 4.90 Å². The fourth-order valence-corrected chi connectivity index (χ4v) is 2.44. The van der Waals surface area contributed by atoms with E-state index in [1.165, 1.54) is 12.8 Å². The Kier molecular flexibility index (Phi) is 2.70. The van der Waals surface area contributed by atoms with Crippen molar-refractivity contribution in [3.05, 3.63) is 23.4 Å². The maximum atomic E-state index is 10.7. The van der Waals surface area contributed by atoms with Crippen LogP contribution in [-0.4, -0.2) is 23.4 Å². The largest absolute Gasteiger partial charge is 0.351 e. The van der Waals surface area contributed by atoms with Gasteiger partial charge in [0.15, 0.2) is 6.29 Å². The third kappa shape index (κ3) is 1.82. The van der Waals surface area contributed by atoms with E-state index in [1.807, 2.05) is 13.0 Å². The first kappa shape index (κ1) is 11.1. The molecule has 0 radical (unpaired) electrons. The highest BCUT2D eigenvalue weighted by Crippen LogP contribution is 2.33. The molecule has 0 amide bonds. The van der Waals surface area contributed by atoms with Gasteiger partial charge in [-0.3, -0.25) is 4.79 Å². The average molecular weight is 218 g/mol. The maximum absolute atomic E-state index is 10.7. The van der Waals surface area contributed by atoms with Gasteiger partial charge in [0.25, 0.3) is 0 Å². The Morgan fingerprint density at radius 1 is 1.50 bits per heavy atom. The van der Waals surface area contributed by atoms with Gasteiger partial charge < -0.3 is 4.90 Å². The minimum Gasteiger partial charge on any atom is -0.351 e. The Morgan fingerprint density at radius 3 is 2.75 bits per heavy atom. The smallest absolute Gasteiger partial charge is 0.151 e. The van der Waals surface area contributed by atoms with E-state index >= 15 is 0 Å². The summed E-state index contributed by atoms with van der Waals surface area (Å²) in [4.78, 5) is 17.4. The second kappa shape index (κ2) is 3.89. The van der Waals surface area contributed by atoms with Crippen molar-refractivity contribution in [3.8, 4) is 0 Å². The number of hydrogen-bond acceptors (Lipinski definition) is 3. The molecular weight excluding hydrogens is 200 g/mol. The van der Waals surface area contributed by atoms with E-state index in [0.717, 1.165) is 24.2 Å². The van der Waals surface area contributed by atoms with Crippen molar-refractivity contribution >= 4 is 12.1 Å². The molecule has 1 aliphatic heterocycles. The first-order valence-electron chi connectivity index (χ1n) is 5.74. The van der Waals surface area contributed by atoms with Crippen LogP contribution >= 0.6 is 0 Å². The summed E-state index contributed by atoms with van der Waals surface area (Å²) in [5.74, 6) is 1.02. The number of rotatable bonds is 2. The zero-order valence-corrected chi connectivity index (χ0v) is 10.2. The minimum absolute atomic E-state index is 0.181. The zero-order chi connectivity index (χ0) is 11.8. The molecule has 1 aliphatic rings. The summed E-state index contributed by atoms with van der Waals surface area (Å²) in [7, 11) is 0. The molecule has 2 rings (SSSR count). The Labute approximate surface area is 96.5 Å². The molecule has 0 aromatic carbocycles. The van der Waals surface area contributed by atoms with Gasteiger partial charge in [0.05, 0.1) is 0 Å². The summed E-state index contributed by atoms with van der Waals surface area (Å²) in [5, 5.41) is 0. The molecule has 0 atom stereocenters. The molecule has 3 heteroatoms. The van der Waals surface area contributed by atoms with Crippen LogP contribution in [0.25, 0.3) is 0 Å². The molecule has 0 aliphatic carbocycles. The average Bonchev–Trinajstić information content (AvgIpc) is 2.58. The number of aromatic nitrogens is 1.